The molecule has 4 nitrogen and oxygen atoms in total. The Morgan fingerprint density at radius 3 is 2.80 bits per heavy atom. The molecule has 0 saturated carbocycles. The summed E-state index contributed by atoms with van der Waals surface area (Å²) in [6.45, 7) is 1.37. The van der Waals surface area contributed by atoms with E-state index in [1.807, 2.05) is 0 Å². The summed E-state index contributed by atoms with van der Waals surface area (Å²) < 4.78 is 16.0. The fourth-order valence-corrected chi connectivity index (χ4v) is 3.01. The van der Waals surface area contributed by atoms with Gasteiger partial charge in [-0.15, -0.1) is 0 Å². The number of hydrogen-bond donors (Lipinski definition) is 2. The summed E-state index contributed by atoms with van der Waals surface area (Å²) in [4.78, 5) is 0. The molecule has 1 heterocycles. The van der Waals surface area contributed by atoms with Gasteiger partial charge in [0.05, 0.1) is 6.61 Å². The molecule has 1 saturated heterocycles. The third kappa shape index (κ3) is 5.44. The summed E-state index contributed by atoms with van der Waals surface area (Å²) in [7, 11) is 1.06. The Morgan fingerprint density at radius 1 is 1.53 bits per heavy atom. The van der Waals surface area contributed by atoms with Crippen molar-refractivity contribution in [2.45, 2.75) is 18.9 Å². The van der Waals surface area contributed by atoms with E-state index in [0.717, 1.165) is 30.9 Å². The lowest BCUT2D eigenvalue weighted by molar-refractivity contribution is 0.204. The van der Waals surface area contributed by atoms with Gasteiger partial charge in [-0.2, -0.15) is 0 Å². The van der Waals surface area contributed by atoms with Crippen LogP contribution in [0.3, 0.4) is 0 Å². The fourth-order valence-electron chi connectivity index (χ4n) is 1.44. The van der Waals surface area contributed by atoms with Gasteiger partial charge >= 0.3 is 0 Å². The average molecular weight is 250 g/mol. The molecule has 0 spiro atoms. The number of ether oxygens (including phenoxy) is 1. The number of methoxy groups -OCH3 is 1. The first kappa shape index (κ1) is 12.9. The minimum Gasteiger partial charge on any atom is -0.383 e. The van der Waals surface area contributed by atoms with E-state index in [0.29, 0.717) is 17.8 Å². The first-order chi connectivity index (χ1) is 7.22. The predicted octanol–water partition coefficient (Wildman–Crippen LogP) is 0.00800. The molecule has 88 valence electrons. The molecule has 1 aliphatic rings. The van der Waals surface area contributed by atoms with Crippen LogP contribution in [0.25, 0.3) is 0 Å². The highest BCUT2D eigenvalue weighted by molar-refractivity contribution is 7.85. The van der Waals surface area contributed by atoms with Crippen molar-refractivity contribution in [3.63, 3.8) is 0 Å². The van der Waals surface area contributed by atoms with E-state index < -0.39 is 10.8 Å². The maximum Gasteiger partial charge on any atom is 0.166 e. The number of hydrogen-bond acceptors (Lipinski definition) is 3. The standard InChI is InChI=1S/C9H18N2O2S2/c1-13-5-4-10-9(14)11-8-2-6-15(12)7-3-8/h8H,2-7H2,1H3,(H2,10,11,14). The summed E-state index contributed by atoms with van der Waals surface area (Å²) >= 11 is 5.12. The maximum atomic E-state index is 11.1. The van der Waals surface area contributed by atoms with Gasteiger partial charge in [0, 0.05) is 42.0 Å². The quantitative estimate of drug-likeness (QED) is 0.544. The van der Waals surface area contributed by atoms with Crippen LogP contribution in [0.2, 0.25) is 0 Å². The molecule has 0 aromatic rings. The lowest BCUT2D eigenvalue weighted by Crippen LogP contribution is -2.45. The van der Waals surface area contributed by atoms with Crippen LogP contribution in [0.5, 0.6) is 0 Å². The zero-order chi connectivity index (χ0) is 11.1. The summed E-state index contributed by atoms with van der Waals surface area (Å²) in [5, 5.41) is 6.96. The van der Waals surface area contributed by atoms with Gasteiger partial charge in [0.15, 0.2) is 5.11 Å². The van der Waals surface area contributed by atoms with Crippen molar-refractivity contribution in [3.05, 3.63) is 0 Å². The third-order valence-electron chi connectivity index (χ3n) is 2.31. The minimum atomic E-state index is -0.606. The van der Waals surface area contributed by atoms with Gasteiger partial charge in [-0.25, -0.2) is 0 Å². The lowest BCUT2D eigenvalue weighted by atomic mass is 10.2. The molecule has 0 aliphatic carbocycles. The first-order valence-electron chi connectivity index (χ1n) is 5.10. The van der Waals surface area contributed by atoms with Crippen molar-refractivity contribution in [1.82, 2.24) is 10.6 Å². The smallest absolute Gasteiger partial charge is 0.166 e. The van der Waals surface area contributed by atoms with E-state index in [1.165, 1.54) is 0 Å². The highest BCUT2D eigenvalue weighted by atomic mass is 32.2. The van der Waals surface area contributed by atoms with Crippen molar-refractivity contribution in [2.24, 2.45) is 0 Å². The Bertz CT molecular complexity index is 226. The zero-order valence-electron chi connectivity index (χ0n) is 8.95. The second-order valence-electron chi connectivity index (χ2n) is 3.52. The van der Waals surface area contributed by atoms with Crippen LogP contribution in [0.4, 0.5) is 0 Å². The molecule has 1 rings (SSSR count). The van der Waals surface area contributed by atoms with Crippen LogP contribution >= 0.6 is 12.2 Å². The van der Waals surface area contributed by atoms with Crippen molar-refractivity contribution in [3.8, 4) is 0 Å². The Kier molecular flexibility index (Phi) is 6.12. The summed E-state index contributed by atoms with van der Waals surface area (Å²) in [5.41, 5.74) is 0. The van der Waals surface area contributed by atoms with Gasteiger partial charge in [-0.1, -0.05) is 0 Å². The molecule has 6 heteroatoms. The molecular formula is C9H18N2O2S2. The van der Waals surface area contributed by atoms with E-state index in [2.05, 4.69) is 10.6 Å². The maximum absolute atomic E-state index is 11.1. The SMILES string of the molecule is COCCNC(=S)NC1CCS(=O)CC1. The molecule has 0 bridgehead atoms. The molecule has 0 atom stereocenters. The fraction of sp³-hybridized carbons (Fsp3) is 0.889. The van der Waals surface area contributed by atoms with Crippen molar-refractivity contribution in [1.29, 1.82) is 0 Å². The van der Waals surface area contributed by atoms with E-state index >= 15 is 0 Å². The largest absolute Gasteiger partial charge is 0.383 e. The highest BCUT2D eigenvalue weighted by Gasteiger charge is 2.17. The van der Waals surface area contributed by atoms with Gasteiger partial charge in [0.1, 0.15) is 0 Å². The van der Waals surface area contributed by atoms with Gasteiger partial charge in [-0.3, -0.25) is 4.21 Å². The Balaban J connectivity index is 2.12. The number of nitrogens with one attached hydrogen (secondary N) is 2. The molecule has 1 aliphatic heterocycles. The first-order valence-corrected chi connectivity index (χ1v) is 7.00. The topological polar surface area (TPSA) is 50.4 Å². The molecule has 0 radical (unpaired) electrons. The molecule has 0 aromatic carbocycles. The average Bonchev–Trinajstić information content (AvgIpc) is 2.22. The lowest BCUT2D eigenvalue weighted by Gasteiger charge is -2.24. The Labute approximate surface area is 98.6 Å². The van der Waals surface area contributed by atoms with Crippen LogP contribution in [-0.4, -0.2) is 47.1 Å². The second-order valence-corrected chi connectivity index (χ2v) is 5.62. The zero-order valence-corrected chi connectivity index (χ0v) is 10.6. The van der Waals surface area contributed by atoms with E-state index in [4.69, 9.17) is 17.0 Å². The van der Waals surface area contributed by atoms with Gasteiger partial charge in [0.2, 0.25) is 0 Å². The van der Waals surface area contributed by atoms with Crippen molar-refractivity contribution >= 4 is 28.1 Å². The van der Waals surface area contributed by atoms with E-state index in [1.54, 1.807) is 7.11 Å². The Morgan fingerprint density at radius 2 is 2.20 bits per heavy atom. The number of thiocarbonyl (C=S) groups is 1. The molecule has 2 N–H and O–H groups in total. The monoisotopic (exact) mass is 250 g/mol. The summed E-state index contributed by atoms with van der Waals surface area (Å²) in [6.07, 6.45) is 1.89. The number of rotatable bonds is 4. The van der Waals surface area contributed by atoms with Crippen LogP contribution in [0, 0.1) is 0 Å². The van der Waals surface area contributed by atoms with Crippen LogP contribution < -0.4 is 10.6 Å². The Hall–Kier alpha value is -0.200. The molecule has 15 heavy (non-hydrogen) atoms. The predicted molar refractivity (Wildman–Crippen MR) is 66.5 cm³/mol. The third-order valence-corrected chi connectivity index (χ3v) is 3.96. The van der Waals surface area contributed by atoms with Crippen LogP contribution in [-0.2, 0) is 15.5 Å². The van der Waals surface area contributed by atoms with Gasteiger partial charge in [0.25, 0.3) is 0 Å². The highest BCUT2D eigenvalue weighted by Crippen LogP contribution is 2.08. The molecule has 0 amide bonds. The van der Waals surface area contributed by atoms with E-state index in [-0.39, 0.29) is 0 Å². The van der Waals surface area contributed by atoms with Crippen LogP contribution in [0.1, 0.15) is 12.8 Å². The van der Waals surface area contributed by atoms with E-state index in [9.17, 15) is 4.21 Å². The minimum absolute atomic E-state index is 0.380. The molecule has 0 aromatic heterocycles. The van der Waals surface area contributed by atoms with Crippen molar-refractivity contribution < 1.29 is 8.95 Å². The normalized spacial score (nSPS) is 25.9. The molecule has 1 fully saturated rings. The van der Waals surface area contributed by atoms with Crippen LogP contribution in [0.15, 0.2) is 0 Å². The summed E-state index contributed by atoms with van der Waals surface area (Å²) in [5.74, 6) is 1.58. The molecular weight excluding hydrogens is 232 g/mol. The van der Waals surface area contributed by atoms with Crippen molar-refractivity contribution in [2.75, 3.05) is 31.8 Å². The molecule has 0 unspecified atom stereocenters. The van der Waals surface area contributed by atoms with Gasteiger partial charge < -0.3 is 15.4 Å². The summed E-state index contributed by atoms with van der Waals surface area (Å²) in [6, 6.07) is 0.380. The second kappa shape index (κ2) is 7.14. The van der Waals surface area contributed by atoms with Gasteiger partial charge in [-0.05, 0) is 25.1 Å².